The van der Waals surface area contributed by atoms with E-state index in [9.17, 15) is 0 Å². The molecule has 0 fully saturated rings. The SMILES string of the molecule is COCCCNC(=NCc1cc(C)no1)NN. The van der Waals surface area contributed by atoms with Gasteiger partial charge in [-0.3, -0.25) is 5.43 Å². The Balaban J connectivity index is 2.33. The Labute approximate surface area is 100 Å². The standard InChI is InChI=1S/C10H19N5O2/c1-8-6-9(17-15-8)7-13-10(14-11)12-4-3-5-16-2/h6H,3-5,7,11H2,1-2H3,(H2,12,13,14). The Kier molecular flexibility index (Phi) is 6.05. The van der Waals surface area contributed by atoms with Crippen molar-refractivity contribution in [3.05, 3.63) is 17.5 Å². The number of aliphatic imine (C=N–C) groups is 1. The highest BCUT2D eigenvalue weighted by molar-refractivity contribution is 5.79. The fourth-order valence-electron chi connectivity index (χ4n) is 1.22. The predicted octanol–water partition coefficient (Wildman–Crippen LogP) is -0.0716. The summed E-state index contributed by atoms with van der Waals surface area (Å²) < 4.78 is 9.96. The van der Waals surface area contributed by atoms with Gasteiger partial charge in [0.1, 0.15) is 6.54 Å². The number of aryl methyl sites for hydroxylation is 1. The molecule has 0 aliphatic heterocycles. The lowest BCUT2D eigenvalue weighted by Crippen LogP contribution is -2.42. The second-order valence-electron chi connectivity index (χ2n) is 3.52. The van der Waals surface area contributed by atoms with E-state index in [1.54, 1.807) is 7.11 Å². The molecule has 1 heterocycles. The predicted molar refractivity (Wildman–Crippen MR) is 64.2 cm³/mol. The van der Waals surface area contributed by atoms with Crippen molar-refractivity contribution in [3.63, 3.8) is 0 Å². The van der Waals surface area contributed by atoms with Gasteiger partial charge in [0, 0.05) is 26.3 Å². The molecule has 96 valence electrons. The van der Waals surface area contributed by atoms with Crippen LogP contribution in [0.25, 0.3) is 0 Å². The van der Waals surface area contributed by atoms with Gasteiger partial charge >= 0.3 is 0 Å². The highest BCUT2D eigenvalue weighted by Crippen LogP contribution is 2.02. The molecule has 0 amide bonds. The molecular formula is C10H19N5O2. The van der Waals surface area contributed by atoms with Gasteiger partial charge in [-0.15, -0.1) is 0 Å². The van der Waals surface area contributed by atoms with Crippen LogP contribution >= 0.6 is 0 Å². The summed E-state index contributed by atoms with van der Waals surface area (Å²) in [5.74, 6) is 6.56. The maximum absolute atomic E-state index is 5.34. The average Bonchev–Trinajstić information content (AvgIpc) is 2.74. The Hall–Kier alpha value is -1.60. The first-order chi connectivity index (χ1) is 8.26. The van der Waals surface area contributed by atoms with Crippen LogP contribution in [0.5, 0.6) is 0 Å². The number of guanidine groups is 1. The van der Waals surface area contributed by atoms with E-state index in [0.717, 1.165) is 18.7 Å². The summed E-state index contributed by atoms with van der Waals surface area (Å²) in [5, 5.41) is 6.83. The van der Waals surface area contributed by atoms with E-state index in [2.05, 4.69) is 20.9 Å². The van der Waals surface area contributed by atoms with Gasteiger partial charge in [0.05, 0.1) is 5.69 Å². The van der Waals surface area contributed by atoms with Gasteiger partial charge in [-0.1, -0.05) is 5.16 Å². The molecule has 0 unspecified atom stereocenters. The summed E-state index contributed by atoms with van der Waals surface area (Å²) >= 11 is 0. The number of hydrazine groups is 1. The number of ether oxygens (including phenoxy) is 1. The van der Waals surface area contributed by atoms with Crippen LogP contribution < -0.4 is 16.6 Å². The lowest BCUT2D eigenvalue weighted by atomic mass is 10.4. The number of nitrogens with one attached hydrogen (secondary N) is 2. The van der Waals surface area contributed by atoms with Gasteiger partial charge in [0.2, 0.25) is 5.96 Å². The minimum Gasteiger partial charge on any atom is -0.385 e. The zero-order valence-corrected chi connectivity index (χ0v) is 10.2. The molecule has 1 aromatic rings. The van der Waals surface area contributed by atoms with Crippen LogP contribution in [-0.4, -0.2) is 31.4 Å². The summed E-state index contributed by atoms with van der Waals surface area (Å²) in [4.78, 5) is 4.22. The van der Waals surface area contributed by atoms with Crippen LogP contribution in [0.15, 0.2) is 15.6 Å². The highest BCUT2D eigenvalue weighted by atomic mass is 16.5. The van der Waals surface area contributed by atoms with Gasteiger partial charge in [-0.25, -0.2) is 10.8 Å². The average molecular weight is 241 g/mol. The number of methoxy groups -OCH3 is 1. The number of rotatable bonds is 6. The molecule has 0 atom stereocenters. The monoisotopic (exact) mass is 241 g/mol. The Morgan fingerprint density at radius 2 is 2.47 bits per heavy atom. The third kappa shape index (κ3) is 5.32. The van der Waals surface area contributed by atoms with E-state index in [-0.39, 0.29) is 0 Å². The minimum atomic E-state index is 0.400. The van der Waals surface area contributed by atoms with Crippen molar-refractivity contribution >= 4 is 5.96 Å². The molecule has 0 aliphatic rings. The van der Waals surface area contributed by atoms with E-state index in [1.165, 1.54) is 0 Å². The molecule has 0 spiro atoms. The first kappa shape index (κ1) is 13.5. The van der Waals surface area contributed by atoms with Crippen LogP contribution in [-0.2, 0) is 11.3 Å². The minimum absolute atomic E-state index is 0.400. The van der Waals surface area contributed by atoms with E-state index >= 15 is 0 Å². The van der Waals surface area contributed by atoms with Crippen molar-refractivity contribution in [2.45, 2.75) is 19.9 Å². The molecule has 7 heteroatoms. The van der Waals surface area contributed by atoms with E-state index in [4.69, 9.17) is 15.1 Å². The fourth-order valence-corrected chi connectivity index (χ4v) is 1.22. The molecule has 0 aromatic carbocycles. The van der Waals surface area contributed by atoms with Crippen LogP contribution in [0.2, 0.25) is 0 Å². The summed E-state index contributed by atoms with van der Waals surface area (Å²) in [7, 11) is 1.67. The van der Waals surface area contributed by atoms with Crippen molar-refractivity contribution in [1.29, 1.82) is 0 Å². The summed E-state index contributed by atoms with van der Waals surface area (Å²) in [6.07, 6.45) is 0.888. The molecule has 0 aliphatic carbocycles. The first-order valence-electron chi connectivity index (χ1n) is 5.42. The lowest BCUT2D eigenvalue weighted by molar-refractivity contribution is 0.195. The molecule has 0 saturated carbocycles. The quantitative estimate of drug-likeness (QED) is 0.212. The molecule has 1 aromatic heterocycles. The van der Waals surface area contributed by atoms with Crippen molar-refractivity contribution in [1.82, 2.24) is 15.9 Å². The smallest absolute Gasteiger partial charge is 0.206 e. The number of hydrogen-bond acceptors (Lipinski definition) is 5. The number of hydrogen-bond donors (Lipinski definition) is 3. The van der Waals surface area contributed by atoms with Gasteiger partial charge in [0.15, 0.2) is 5.76 Å². The van der Waals surface area contributed by atoms with Crippen LogP contribution in [0.3, 0.4) is 0 Å². The second kappa shape index (κ2) is 7.64. The fraction of sp³-hybridized carbons (Fsp3) is 0.600. The van der Waals surface area contributed by atoms with Crippen LogP contribution in [0, 0.1) is 6.92 Å². The largest absolute Gasteiger partial charge is 0.385 e. The Bertz CT molecular complexity index is 350. The lowest BCUT2D eigenvalue weighted by Gasteiger charge is -2.07. The van der Waals surface area contributed by atoms with Crippen molar-refractivity contribution in [2.75, 3.05) is 20.3 Å². The van der Waals surface area contributed by atoms with Gasteiger partial charge in [-0.2, -0.15) is 0 Å². The van der Waals surface area contributed by atoms with E-state index < -0.39 is 0 Å². The van der Waals surface area contributed by atoms with E-state index in [0.29, 0.717) is 24.9 Å². The second-order valence-corrected chi connectivity index (χ2v) is 3.52. The molecule has 4 N–H and O–H groups in total. The zero-order valence-electron chi connectivity index (χ0n) is 10.2. The molecule has 0 saturated heterocycles. The first-order valence-corrected chi connectivity index (χ1v) is 5.42. The van der Waals surface area contributed by atoms with Gasteiger partial charge in [0.25, 0.3) is 0 Å². The zero-order chi connectivity index (χ0) is 12.5. The maximum Gasteiger partial charge on any atom is 0.206 e. The molecule has 0 radical (unpaired) electrons. The van der Waals surface area contributed by atoms with Gasteiger partial charge in [-0.05, 0) is 13.3 Å². The summed E-state index contributed by atoms with van der Waals surface area (Å²) in [5.41, 5.74) is 3.33. The summed E-state index contributed by atoms with van der Waals surface area (Å²) in [6.45, 7) is 3.71. The highest BCUT2D eigenvalue weighted by Gasteiger charge is 2.00. The van der Waals surface area contributed by atoms with Crippen molar-refractivity contribution in [2.24, 2.45) is 10.8 Å². The van der Waals surface area contributed by atoms with Crippen molar-refractivity contribution < 1.29 is 9.26 Å². The van der Waals surface area contributed by atoms with Gasteiger partial charge < -0.3 is 14.6 Å². The number of nitrogens with two attached hydrogens (primary N) is 1. The Morgan fingerprint density at radius 1 is 1.65 bits per heavy atom. The molecule has 0 bridgehead atoms. The topological polar surface area (TPSA) is 97.7 Å². The van der Waals surface area contributed by atoms with Crippen molar-refractivity contribution in [3.8, 4) is 0 Å². The number of nitrogens with zero attached hydrogens (tertiary/aromatic N) is 2. The molecule has 1 rings (SSSR count). The molecule has 7 nitrogen and oxygen atoms in total. The van der Waals surface area contributed by atoms with E-state index in [1.807, 2.05) is 13.0 Å². The summed E-state index contributed by atoms with van der Waals surface area (Å²) in [6, 6.07) is 1.84. The third-order valence-corrected chi connectivity index (χ3v) is 2.02. The molecular weight excluding hydrogens is 222 g/mol. The number of aromatic nitrogens is 1. The maximum atomic E-state index is 5.34. The van der Waals surface area contributed by atoms with Crippen LogP contribution in [0.1, 0.15) is 17.9 Å². The van der Waals surface area contributed by atoms with Crippen LogP contribution in [0.4, 0.5) is 0 Å². The Morgan fingerprint density at radius 3 is 3.06 bits per heavy atom. The normalized spacial score (nSPS) is 11.6. The third-order valence-electron chi connectivity index (χ3n) is 2.02. The molecule has 17 heavy (non-hydrogen) atoms.